The van der Waals surface area contributed by atoms with Gasteiger partial charge in [-0.3, -0.25) is 9.69 Å². The molecule has 138 valence electrons. The van der Waals surface area contributed by atoms with Crippen molar-refractivity contribution >= 4 is 51.7 Å². The SMILES string of the molecule is Cc1cccc(N2C(=O)/C(=C/c3ccc(N4CCOCC4)cc3)SC2=S)c1. The molecule has 2 aromatic rings. The number of thiocarbonyl (C=S) groups is 1. The molecule has 0 bridgehead atoms. The average Bonchev–Trinajstić information content (AvgIpc) is 2.96. The zero-order chi connectivity index (χ0) is 18.8. The molecule has 2 aliphatic rings. The van der Waals surface area contributed by atoms with Gasteiger partial charge in [-0.2, -0.15) is 0 Å². The molecular weight excluding hydrogens is 376 g/mol. The second-order valence-corrected chi connectivity index (χ2v) is 8.22. The van der Waals surface area contributed by atoms with E-state index in [1.807, 2.05) is 49.4 Å². The number of hydrogen-bond donors (Lipinski definition) is 0. The highest BCUT2D eigenvalue weighted by molar-refractivity contribution is 8.27. The molecule has 4 rings (SSSR count). The first kappa shape index (κ1) is 18.2. The molecule has 0 unspecified atom stereocenters. The third-order valence-corrected chi connectivity index (χ3v) is 5.92. The quantitative estimate of drug-likeness (QED) is 0.573. The van der Waals surface area contributed by atoms with Crippen LogP contribution in [0.15, 0.2) is 53.4 Å². The summed E-state index contributed by atoms with van der Waals surface area (Å²) >= 11 is 6.80. The van der Waals surface area contributed by atoms with Crippen molar-refractivity contribution in [1.82, 2.24) is 0 Å². The minimum atomic E-state index is -0.0622. The van der Waals surface area contributed by atoms with Crippen LogP contribution in [-0.4, -0.2) is 36.5 Å². The van der Waals surface area contributed by atoms with Gasteiger partial charge in [0, 0.05) is 18.8 Å². The fourth-order valence-electron chi connectivity index (χ4n) is 3.21. The lowest BCUT2D eigenvalue weighted by atomic mass is 10.1. The van der Waals surface area contributed by atoms with Crippen molar-refractivity contribution in [3.8, 4) is 0 Å². The van der Waals surface area contributed by atoms with Crippen molar-refractivity contribution in [2.45, 2.75) is 6.92 Å². The lowest BCUT2D eigenvalue weighted by Crippen LogP contribution is -2.36. The Morgan fingerprint density at radius 3 is 2.52 bits per heavy atom. The Kier molecular flexibility index (Phi) is 5.29. The summed E-state index contributed by atoms with van der Waals surface area (Å²) in [5.74, 6) is -0.0622. The van der Waals surface area contributed by atoms with Crippen LogP contribution in [0, 0.1) is 6.92 Å². The summed E-state index contributed by atoms with van der Waals surface area (Å²) in [5, 5.41) is 0. The van der Waals surface area contributed by atoms with Gasteiger partial charge in [0.25, 0.3) is 5.91 Å². The number of aryl methyl sites for hydroxylation is 1. The van der Waals surface area contributed by atoms with Crippen LogP contribution in [0.1, 0.15) is 11.1 Å². The summed E-state index contributed by atoms with van der Waals surface area (Å²) in [6.45, 7) is 5.36. The van der Waals surface area contributed by atoms with E-state index >= 15 is 0 Å². The third kappa shape index (κ3) is 3.93. The van der Waals surface area contributed by atoms with Crippen molar-refractivity contribution in [1.29, 1.82) is 0 Å². The first-order chi connectivity index (χ1) is 13.1. The van der Waals surface area contributed by atoms with Crippen LogP contribution < -0.4 is 9.80 Å². The molecule has 27 heavy (non-hydrogen) atoms. The van der Waals surface area contributed by atoms with E-state index in [0.717, 1.165) is 43.1 Å². The molecular formula is C21H20N2O2S2. The van der Waals surface area contributed by atoms with Crippen LogP contribution in [-0.2, 0) is 9.53 Å². The number of carbonyl (C=O) groups excluding carboxylic acids is 1. The number of morpholine rings is 1. The smallest absolute Gasteiger partial charge is 0.270 e. The van der Waals surface area contributed by atoms with E-state index in [0.29, 0.717) is 9.23 Å². The van der Waals surface area contributed by atoms with Gasteiger partial charge in [0.1, 0.15) is 0 Å². The standard InChI is InChI=1S/C21H20N2O2S2/c1-15-3-2-4-18(13-15)23-20(24)19(27-21(23)26)14-16-5-7-17(8-6-16)22-9-11-25-12-10-22/h2-8,13-14H,9-12H2,1H3/b19-14-. The van der Waals surface area contributed by atoms with E-state index in [4.69, 9.17) is 17.0 Å². The minimum Gasteiger partial charge on any atom is -0.378 e. The number of carbonyl (C=O) groups is 1. The van der Waals surface area contributed by atoms with Crippen molar-refractivity contribution in [3.05, 3.63) is 64.6 Å². The zero-order valence-corrected chi connectivity index (χ0v) is 16.7. The Bertz CT molecular complexity index is 903. The summed E-state index contributed by atoms with van der Waals surface area (Å²) in [5.41, 5.74) is 4.10. The Hall–Kier alpha value is -2.15. The average molecular weight is 397 g/mol. The van der Waals surface area contributed by atoms with E-state index in [1.165, 1.54) is 17.4 Å². The van der Waals surface area contributed by atoms with Crippen LogP contribution in [0.25, 0.3) is 6.08 Å². The van der Waals surface area contributed by atoms with Gasteiger partial charge in [-0.25, -0.2) is 0 Å². The number of rotatable bonds is 3. The fraction of sp³-hybridized carbons (Fsp3) is 0.238. The van der Waals surface area contributed by atoms with Crippen LogP contribution >= 0.6 is 24.0 Å². The molecule has 0 N–H and O–H groups in total. The van der Waals surface area contributed by atoms with Crippen LogP contribution in [0.3, 0.4) is 0 Å². The molecule has 2 saturated heterocycles. The minimum absolute atomic E-state index is 0.0622. The van der Waals surface area contributed by atoms with E-state index in [9.17, 15) is 4.79 Å². The van der Waals surface area contributed by atoms with Gasteiger partial charge in [0.15, 0.2) is 4.32 Å². The molecule has 2 aliphatic heterocycles. The topological polar surface area (TPSA) is 32.8 Å². The summed E-state index contributed by atoms with van der Waals surface area (Å²) in [6.07, 6.45) is 1.91. The predicted octanol–water partition coefficient (Wildman–Crippen LogP) is 4.24. The number of amides is 1. The number of ether oxygens (including phenoxy) is 1. The summed E-state index contributed by atoms with van der Waals surface area (Å²) in [4.78, 5) is 17.4. The largest absolute Gasteiger partial charge is 0.378 e. The van der Waals surface area contributed by atoms with Crippen LogP contribution in [0.2, 0.25) is 0 Å². The molecule has 0 radical (unpaired) electrons. The van der Waals surface area contributed by atoms with Crippen molar-refractivity contribution in [2.75, 3.05) is 36.1 Å². The molecule has 2 aromatic carbocycles. The maximum Gasteiger partial charge on any atom is 0.270 e. The molecule has 0 aliphatic carbocycles. The molecule has 0 saturated carbocycles. The van der Waals surface area contributed by atoms with Crippen LogP contribution in [0.5, 0.6) is 0 Å². The first-order valence-electron chi connectivity index (χ1n) is 8.89. The first-order valence-corrected chi connectivity index (χ1v) is 10.1. The van der Waals surface area contributed by atoms with E-state index < -0.39 is 0 Å². The summed E-state index contributed by atoms with van der Waals surface area (Å²) in [6, 6.07) is 16.1. The maximum atomic E-state index is 12.9. The monoisotopic (exact) mass is 396 g/mol. The normalized spacial score (nSPS) is 19.2. The highest BCUT2D eigenvalue weighted by Crippen LogP contribution is 2.36. The molecule has 0 atom stereocenters. The van der Waals surface area contributed by atoms with Gasteiger partial charge in [0.2, 0.25) is 0 Å². The Morgan fingerprint density at radius 2 is 1.81 bits per heavy atom. The Morgan fingerprint density at radius 1 is 1.07 bits per heavy atom. The van der Waals surface area contributed by atoms with Crippen molar-refractivity contribution in [2.24, 2.45) is 0 Å². The number of benzene rings is 2. The van der Waals surface area contributed by atoms with Gasteiger partial charge in [-0.1, -0.05) is 48.2 Å². The Balaban J connectivity index is 1.54. The van der Waals surface area contributed by atoms with Gasteiger partial charge in [0.05, 0.1) is 23.8 Å². The molecule has 2 heterocycles. The second kappa shape index (κ2) is 7.84. The number of thioether (sulfide) groups is 1. The van der Waals surface area contributed by atoms with E-state index in [2.05, 4.69) is 17.0 Å². The van der Waals surface area contributed by atoms with Gasteiger partial charge in [-0.15, -0.1) is 0 Å². The van der Waals surface area contributed by atoms with Gasteiger partial charge in [-0.05, 0) is 48.4 Å². The van der Waals surface area contributed by atoms with Gasteiger partial charge >= 0.3 is 0 Å². The molecule has 0 aromatic heterocycles. The predicted molar refractivity (Wildman–Crippen MR) is 116 cm³/mol. The summed E-state index contributed by atoms with van der Waals surface area (Å²) < 4.78 is 5.97. The van der Waals surface area contributed by atoms with E-state index in [1.54, 1.807) is 4.90 Å². The lowest BCUT2D eigenvalue weighted by molar-refractivity contribution is -0.113. The number of anilines is 2. The molecule has 6 heteroatoms. The van der Waals surface area contributed by atoms with Gasteiger partial charge < -0.3 is 9.64 Å². The molecule has 0 spiro atoms. The fourth-order valence-corrected chi connectivity index (χ4v) is 4.51. The zero-order valence-electron chi connectivity index (χ0n) is 15.1. The van der Waals surface area contributed by atoms with Crippen molar-refractivity contribution < 1.29 is 9.53 Å². The highest BCUT2D eigenvalue weighted by Gasteiger charge is 2.33. The van der Waals surface area contributed by atoms with Crippen LogP contribution in [0.4, 0.5) is 11.4 Å². The molecule has 1 amide bonds. The van der Waals surface area contributed by atoms with Crippen molar-refractivity contribution in [3.63, 3.8) is 0 Å². The maximum absolute atomic E-state index is 12.9. The number of hydrogen-bond acceptors (Lipinski definition) is 5. The lowest BCUT2D eigenvalue weighted by Gasteiger charge is -2.28. The number of nitrogens with zero attached hydrogens (tertiary/aromatic N) is 2. The Labute approximate surface area is 168 Å². The van der Waals surface area contributed by atoms with E-state index in [-0.39, 0.29) is 5.91 Å². The third-order valence-electron chi connectivity index (χ3n) is 4.62. The molecule has 2 fully saturated rings. The molecule has 4 nitrogen and oxygen atoms in total. The highest BCUT2D eigenvalue weighted by atomic mass is 32.2. The summed E-state index contributed by atoms with van der Waals surface area (Å²) in [7, 11) is 0. The second-order valence-electron chi connectivity index (χ2n) is 6.55.